The molecule has 1 amide bonds. The quantitative estimate of drug-likeness (QED) is 0.759. The van der Waals surface area contributed by atoms with Gasteiger partial charge in [0.15, 0.2) is 5.17 Å². The number of rotatable bonds is 2. The lowest BCUT2D eigenvalue weighted by molar-refractivity contribution is 0.200. The van der Waals surface area contributed by atoms with Gasteiger partial charge in [-0.25, -0.2) is 4.79 Å². The molecule has 1 aliphatic heterocycles. The Hall–Kier alpha value is -1.05. The first-order valence-corrected chi connectivity index (χ1v) is 7.67. The molecule has 5 nitrogen and oxygen atoms in total. The van der Waals surface area contributed by atoms with Gasteiger partial charge in [-0.3, -0.25) is 10.3 Å². The Morgan fingerprint density at radius 3 is 3.00 bits per heavy atom. The monoisotopic (exact) mass is 358 g/mol. The first-order chi connectivity index (χ1) is 9.43. The molecule has 0 aromatic heterocycles. The lowest BCUT2D eigenvalue weighted by Crippen LogP contribution is -2.38. The van der Waals surface area contributed by atoms with Crippen LogP contribution in [0.4, 0.5) is 4.79 Å². The molecule has 1 heterocycles. The van der Waals surface area contributed by atoms with Gasteiger partial charge in [-0.1, -0.05) is 39.8 Å². The molecular weight excluding hydrogens is 344 g/mol. The molecule has 20 heavy (non-hydrogen) atoms. The predicted molar refractivity (Wildman–Crippen MR) is 83.2 cm³/mol. The number of nitrogens with zero attached hydrogens (tertiary/aromatic N) is 1. The number of hydrogen-bond acceptors (Lipinski definition) is 4. The summed E-state index contributed by atoms with van der Waals surface area (Å²) in [6.07, 6.45) is -0.499. The molecule has 3 N–H and O–H groups in total. The maximum Gasteiger partial charge on any atom is 0.410 e. The molecule has 1 aliphatic rings. The molecule has 7 heteroatoms. The number of halogens is 1. The minimum Gasteiger partial charge on any atom is -0.465 e. The lowest BCUT2D eigenvalue weighted by Gasteiger charge is -2.35. The highest BCUT2D eigenvalue weighted by Crippen LogP contribution is 2.44. The summed E-state index contributed by atoms with van der Waals surface area (Å²) in [6.45, 7) is 1.93. The molecular formula is C13H15BrN2O3S. The van der Waals surface area contributed by atoms with Crippen molar-refractivity contribution in [2.75, 3.05) is 6.61 Å². The van der Waals surface area contributed by atoms with E-state index in [4.69, 9.17) is 5.11 Å². The number of amides is 1. The Bertz CT molecular complexity index is 552. The van der Waals surface area contributed by atoms with E-state index in [0.717, 1.165) is 10.0 Å². The van der Waals surface area contributed by atoms with Gasteiger partial charge >= 0.3 is 6.09 Å². The van der Waals surface area contributed by atoms with Crippen LogP contribution in [-0.2, 0) is 4.75 Å². The topological polar surface area (TPSA) is 81.9 Å². The van der Waals surface area contributed by atoms with Crippen LogP contribution in [0.25, 0.3) is 0 Å². The van der Waals surface area contributed by atoms with Crippen molar-refractivity contribution in [2.24, 2.45) is 4.99 Å². The van der Waals surface area contributed by atoms with Crippen molar-refractivity contribution in [1.29, 1.82) is 0 Å². The zero-order chi connectivity index (χ0) is 14.8. The number of aliphatic imine (C=N–C) groups is 1. The molecule has 1 aromatic carbocycles. The smallest absolute Gasteiger partial charge is 0.410 e. The highest BCUT2D eigenvalue weighted by molar-refractivity contribution is 9.10. The zero-order valence-corrected chi connectivity index (χ0v) is 13.2. The van der Waals surface area contributed by atoms with E-state index in [1.54, 1.807) is 0 Å². The van der Waals surface area contributed by atoms with Gasteiger partial charge < -0.3 is 10.2 Å². The van der Waals surface area contributed by atoms with Gasteiger partial charge in [0.05, 0.1) is 12.6 Å². The fourth-order valence-corrected chi connectivity index (χ4v) is 3.88. The van der Waals surface area contributed by atoms with Crippen LogP contribution in [0.5, 0.6) is 0 Å². The molecule has 108 valence electrons. The Morgan fingerprint density at radius 1 is 1.65 bits per heavy atom. The van der Waals surface area contributed by atoms with Crippen LogP contribution in [-0.4, -0.2) is 34.1 Å². The van der Waals surface area contributed by atoms with Gasteiger partial charge in [0, 0.05) is 9.22 Å². The standard InChI is InChI=1S/C13H15BrN2O3S/c1-13(8-3-2-4-9(14)5-8)6-10(7-17)15-11(20-13)16-12(18)19/h2-5,10,17H,6-7H2,1H3,(H,15,16)(H,18,19)/t10-,13-/m0/s1. The van der Waals surface area contributed by atoms with Crippen LogP contribution in [0.3, 0.4) is 0 Å². The molecule has 0 radical (unpaired) electrons. The van der Waals surface area contributed by atoms with Gasteiger partial charge in [0.1, 0.15) is 0 Å². The maximum absolute atomic E-state index is 10.8. The third-order valence-corrected chi connectivity index (χ3v) is 4.85. The third kappa shape index (κ3) is 3.53. The summed E-state index contributed by atoms with van der Waals surface area (Å²) in [6, 6.07) is 7.58. The highest BCUT2D eigenvalue weighted by atomic mass is 79.9. The van der Waals surface area contributed by atoms with Crippen molar-refractivity contribution in [1.82, 2.24) is 5.32 Å². The van der Waals surface area contributed by atoms with Gasteiger partial charge in [0.2, 0.25) is 0 Å². The summed E-state index contributed by atoms with van der Waals surface area (Å²) in [5.41, 5.74) is 1.06. The number of carbonyl (C=O) groups is 1. The summed E-state index contributed by atoms with van der Waals surface area (Å²) in [7, 11) is 0. The third-order valence-electron chi connectivity index (χ3n) is 3.11. The molecule has 0 fully saturated rings. The second-order valence-electron chi connectivity index (χ2n) is 4.75. The van der Waals surface area contributed by atoms with E-state index in [1.807, 2.05) is 31.2 Å². The number of benzene rings is 1. The second kappa shape index (κ2) is 6.15. The Morgan fingerprint density at radius 2 is 2.40 bits per heavy atom. The number of nitrogens with one attached hydrogen (secondary N) is 1. The largest absolute Gasteiger partial charge is 0.465 e. The van der Waals surface area contributed by atoms with Crippen molar-refractivity contribution in [3.8, 4) is 0 Å². The predicted octanol–water partition coefficient (Wildman–Crippen LogP) is 2.79. The summed E-state index contributed by atoms with van der Waals surface area (Å²) in [4.78, 5) is 15.0. The molecule has 0 bridgehead atoms. The normalized spacial score (nSPS) is 25.9. The Labute approximate surface area is 129 Å². The Balaban J connectivity index is 2.32. The van der Waals surface area contributed by atoms with Crippen LogP contribution < -0.4 is 5.32 Å². The summed E-state index contributed by atoms with van der Waals surface area (Å²) < 4.78 is 0.629. The van der Waals surface area contributed by atoms with E-state index >= 15 is 0 Å². The van der Waals surface area contributed by atoms with Gasteiger partial charge in [0.25, 0.3) is 0 Å². The van der Waals surface area contributed by atoms with E-state index in [0.29, 0.717) is 11.6 Å². The SMILES string of the molecule is C[C@@]1(c2cccc(Br)c2)C[C@@H](CO)N=C(NC(=O)O)S1. The maximum atomic E-state index is 10.8. The average Bonchev–Trinajstić information content (AvgIpc) is 2.37. The van der Waals surface area contributed by atoms with Crippen molar-refractivity contribution in [2.45, 2.75) is 24.1 Å². The van der Waals surface area contributed by atoms with E-state index in [9.17, 15) is 9.90 Å². The fourth-order valence-electron chi connectivity index (χ4n) is 2.19. The van der Waals surface area contributed by atoms with Crippen molar-refractivity contribution < 1.29 is 15.0 Å². The van der Waals surface area contributed by atoms with E-state index < -0.39 is 6.09 Å². The minimum absolute atomic E-state index is 0.102. The van der Waals surface area contributed by atoms with Crippen LogP contribution in [0.15, 0.2) is 33.7 Å². The van der Waals surface area contributed by atoms with Crippen LogP contribution in [0, 0.1) is 0 Å². The van der Waals surface area contributed by atoms with Gasteiger partial charge in [-0.05, 0) is 31.0 Å². The first kappa shape index (κ1) is 15.3. The average molecular weight is 359 g/mol. The number of carboxylic acid groups (broad SMARTS) is 1. The number of thioether (sulfide) groups is 1. The fraction of sp³-hybridized carbons (Fsp3) is 0.385. The minimum atomic E-state index is -1.15. The zero-order valence-electron chi connectivity index (χ0n) is 10.8. The number of amidine groups is 1. The first-order valence-electron chi connectivity index (χ1n) is 6.06. The van der Waals surface area contributed by atoms with Crippen molar-refractivity contribution in [3.63, 3.8) is 0 Å². The number of aliphatic hydroxyl groups is 1. The van der Waals surface area contributed by atoms with Gasteiger partial charge in [-0.2, -0.15) is 0 Å². The molecule has 2 atom stereocenters. The molecule has 1 aromatic rings. The molecule has 2 rings (SSSR count). The molecule has 0 saturated carbocycles. The Kier molecular flexibility index (Phi) is 4.72. The lowest BCUT2D eigenvalue weighted by atomic mass is 9.93. The van der Waals surface area contributed by atoms with E-state index in [2.05, 4.69) is 26.2 Å². The van der Waals surface area contributed by atoms with E-state index in [1.165, 1.54) is 11.8 Å². The van der Waals surface area contributed by atoms with Gasteiger partial charge in [-0.15, -0.1) is 0 Å². The molecule has 0 aliphatic carbocycles. The number of aliphatic hydroxyl groups excluding tert-OH is 1. The number of hydrogen-bond donors (Lipinski definition) is 3. The van der Waals surface area contributed by atoms with E-state index in [-0.39, 0.29) is 17.4 Å². The van der Waals surface area contributed by atoms with Crippen molar-refractivity contribution >= 4 is 39.0 Å². The molecule has 0 spiro atoms. The molecule has 0 saturated heterocycles. The van der Waals surface area contributed by atoms with Crippen molar-refractivity contribution in [3.05, 3.63) is 34.3 Å². The summed E-state index contributed by atoms with van der Waals surface area (Å²) in [5.74, 6) is 0. The highest BCUT2D eigenvalue weighted by Gasteiger charge is 2.36. The van der Waals surface area contributed by atoms with Crippen LogP contribution in [0.2, 0.25) is 0 Å². The van der Waals surface area contributed by atoms with Crippen LogP contribution in [0.1, 0.15) is 18.9 Å². The summed E-state index contributed by atoms with van der Waals surface area (Å²) >= 11 is 4.81. The summed E-state index contributed by atoms with van der Waals surface area (Å²) in [5, 5.41) is 20.8. The van der Waals surface area contributed by atoms with Crippen LogP contribution >= 0.6 is 27.7 Å². The second-order valence-corrected chi connectivity index (χ2v) is 7.16. The molecule has 0 unspecified atom stereocenters.